The molecule has 0 saturated carbocycles. The van der Waals surface area contributed by atoms with E-state index in [-0.39, 0.29) is 5.91 Å². The average Bonchev–Trinajstić information content (AvgIpc) is 2.55. The topological polar surface area (TPSA) is 40.5 Å². The molecule has 1 fully saturated rings. The molecule has 22 heavy (non-hydrogen) atoms. The Morgan fingerprint density at radius 1 is 1.09 bits per heavy atom. The van der Waals surface area contributed by atoms with Crippen LogP contribution in [-0.4, -0.2) is 29.0 Å². The molecule has 0 aliphatic carbocycles. The van der Waals surface area contributed by atoms with Crippen LogP contribution in [0.2, 0.25) is 0 Å². The Kier molecular flexibility index (Phi) is 4.48. The van der Waals surface area contributed by atoms with Crippen molar-refractivity contribution in [2.24, 2.45) is 0 Å². The van der Waals surface area contributed by atoms with Crippen LogP contribution in [-0.2, 0) is 0 Å². The highest BCUT2D eigenvalue weighted by Crippen LogP contribution is 2.30. The average molecular weight is 360 g/mol. The van der Waals surface area contributed by atoms with Gasteiger partial charge in [-0.25, -0.2) is 0 Å². The largest absolute Gasteiger partial charge is 0.508 e. The maximum atomic E-state index is 12.5. The molecule has 1 heterocycles. The number of benzene rings is 2. The number of aromatic hydroxyl groups is 1. The predicted molar refractivity (Wildman–Crippen MR) is 90.1 cm³/mol. The number of piperidine rings is 1. The van der Waals surface area contributed by atoms with E-state index >= 15 is 0 Å². The van der Waals surface area contributed by atoms with Crippen LogP contribution in [0.4, 0.5) is 0 Å². The highest BCUT2D eigenvalue weighted by Gasteiger charge is 2.24. The second kappa shape index (κ2) is 6.53. The molecule has 0 radical (unpaired) electrons. The third kappa shape index (κ3) is 3.33. The number of nitrogens with zero attached hydrogens (tertiary/aromatic N) is 1. The van der Waals surface area contributed by atoms with Crippen LogP contribution >= 0.6 is 15.9 Å². The molecular weight excluding hydrogens is 342 g/mol. The van der Waals surface area contributed by atoms with Gasteiger partial charge < -0.3 is 10.0 Å². The van der Waals surface area contributed by atoms with Crippen molar-refractivity contribution < 1.29 is 9.90 Å². The van der Waals surface area contributed by atoms with Crippen molar-refractivity contribution >= 4 is 21.8 Å². The molecule has 1 aliphatic rings. The highest BCUT2D eigenvalue weighted by atomic mass is 79.9. The highest BCUT2D eigenvalue weighted by molar-refractivity contribution is 9.10. The summed E-state index contributed by atoms with van der Waals surface area (Å²) in [6, 6.07) is 15.0. The van der Waals surface area contributed by atoms with Crippen LogP contribution in [0.3, 0.4) is 0 Å². The van der Waals surface area contributed by atoms with Crippen molar-refractivity contribution in [1.29, 1.82) is 0 Å². The van der Waals surface area contributed by atoms with E-state index in [9.17, 15) is 9.90 Å². The Hall–Kier alpha value is -1.81. The van der Waals surface area contributed by atoms with Gasteiger partial charge in [0.25, 0.3) is 5.91 Å². The van der Waals surface area contributed by atoms with Crippen LogP contribution in [0, 0.1) is 0 Å². The summed E-state index contributed by atoms with van der Waals surface area (Å²) < 4.78 is 0.978. The lowest BCUT2D eigenvalue weighted by Crippen LogP contribution is -2.37. The summed E-state index contributed by atoms with van der Waals surface area (Å²) in [5.74, 6) is 0.828. The van der Waals surface area contributed by atoms with Crippen molar-refractivity contribution in [3.05, 3.63) is 64.1 Å². The van der Waals surface area contributed by atoms with Crippen molar-refractivity contribution in [3.63, 3.8) is 0 Å². The first kappa shape index (κ1) is 15.1. The molecule has 0 aromatic heterocycles. The van der Waals surface area contributed by atoms with Crippen molar-refractivity contribution in [2.45, 2.75) is 18.8 Å². The molecule has 0 unspecified atom stereocenters. The van der Waals surface area contributed by atoms with Crippen LogP contribution in [0.15, 0.2) is 53.0 Å². The second-order valence-electron chi connectivity index (χ2n) is 5.67. The fraction of sp³-hybridized carbons (Fsp3) is 0.278. The molecule has 1 amide bonds. The summed E-state index contributed by atoms with van der Waals surface area (Å²) in [5.41, 5.74) is 1.90. The number of phenolic OH excluding ortho intramolecular Hbond substituents is 1. The van der Waals surface area contributed by atoms with E-state index < -0.39 is 0 Å². The number of carbonyl (C=O) groups excluding carboxylic acids is 1. The molecule has 1 N–H and O–H groups in total. The fourth-order valence-corrected chi connectivity index (χ4v) is 3.23. The first-order valence-electron chi connectivity index (χ1n) is 7.47. The Labute approximate surface area is 138 Å². The first-order chi connectivity index (χ1) is 10.6. The van der Waals surface area contributed by atoms with E-state index in [1.54, 1.807) is 6.07 Å². The SMILES string of the molecule is O=C(c1ccc(Br)cc1)N1CCC(c2cccc(O)c2)CC1. The Morgan fingerprint density at radius 2 is 1.77 bits per heavy atom. The summed E-state index contributed by atoms with van der Waals surface area (Å²) >= 11 is 3.38. The lowest BCUT2D eigenvalue weighted by molar-refractivity contribution is 0.0713. The number of carbonyl (C=O) groups is 1. The number of hydrogen-bond donors (Lipinski definition) is 1. The van der Waals surface area contributed by atoms with E-state index in [0.29, 0.717) is 11.7 Å². The van der Waals surface area contributed by atoms with E-state index in [1.807, 2.05) is 41.3 Å². The van der Waals surface area contributed by atoms with Crippen LogP contribution < -0.4 is 0 Å². The Morgan fingerprint density at radius 3 is 2.41 bits per heavy atom. The van der Waals surface area contributed by atoms with E-state index in [2.05, 4.69) is 22.0 Å². The quantitative estimate of drug-likeness (QED) is 0.873. The zero-order valence-electron chi connectivity index (χ0n) is 12.2. The van der Waals surface area contributed by atoms with Gasteiger partial charge in [0.05, 0.1) is 0 Å². The van der Waals surface area contributed by atoms with Gasteiger partial charge in [0.15, 0.2) is 0 Å². The Balaban J connectivity index is 1.64. The summed E-state index contributed by atoms with van der Waals surface area (Å²) in [6.07, 6.45) is 1.87. The van der Waals surface area contributed by atoms with Crippen molar-refractivity contribution in [1.82, 2.24) is 4.90 Å². The van der Waals surface area contributed by atoms with Crippen molar-refractivity contribution in [2.75, 3.05) is 13.1 Å². The number of phenols is 1. The van der Waals surface area contributed by atoms with Crippen LogP contribution in [0.1, 0.15) is 34.7 Å². The molecule has 2 aromatic rings. The molecule has 114 valence electrons. The van der Waals surface area contributed by atoms with Crippen molar-refractivity contribution in [3.8, 4) is 5.75 Å². The number of hydrogen-bond acceptors (Lipinski definition) is 2. The maximum Gasteiger partial charge on any atom is 0.253 e. The molecule has 0 bridgehead atoms. The molecular formula is C18H18BrNO2. The maximum absolute atomic E-state index is 12.5. The van der Waals surface area contributed by atoms with Gasteiger partial charge in [-0.15, -0.1) is 0 Å². The second-order valence-corrected chi connectivity index (χ2v) is 6.58. The summed E-state index contributed by atoms with van der Waals surface area (Å²) in [7, 11) is 0. The van der Waals surface area contributed by atoms with Gasteiger partial charge in [0, 0.05) is 23.1 Å². The third-order valence-electron chi connectivity index (χ3n) is 4.21. The molecule has 0 spiro atoms. The summed E-state index contributed by atoms with van der Waals surface area (Å²) in [6.45, 7) is 1.52. The normalized spacial score (nSPS) is 15.8. The minimum Gasteiger partial charge on any atom is -0.508 e. The third-order valence-corrected chi connectivity index (χ3v) is 4.74. The smallest absolute Gasteiger partial charge is 0.253 e. The van der Waals surface area contributed by atoms with Gasteiger partial charge in [-0.05, 0) is 60.7 Å². The molecule has 1 saturated heterocycles. The molecule has 1 aliphatic heterocycles. The zero-order valence-corrected chi connectivity index (χ0v) is 13.8. The standard InChI is InChI=1S/C18H18BrNO2/c19-16-6-4-14(5-7-16)18(22)20-10-8-13(9-11-20)15-2-1-3-17(21)12-15/h1-7,12-13,21H,8-11H2. The molecule has 3 rings (SSSR count). The van der Waals surface area contributed by atoms with E-state index in [4.69, 9.17) is 0 Å². The van der Waals surface area contributed by atoms with Gasteiger partial charge in [0.2, 0.25) is 0 Å². The minimum atomic E-state index is 0.0989. The number of halogens is 1. The van der Waals surface area contributed by atoms with Gasteiger partial charge >= 0.3 is 0 Å². The number of rotatable bonds is 2. The lowest BCUT2D eigenvalue weighted by atomic mass is 9.89. The summed E-state index contributed by atoms with van der Waals surface area (Å²) in [5, 5.41) is 9.59. The molecule has 3 nitrogen and oxygen atoms in total. The van der Waals surface area contributed by atoms with Crippen LogP contribution in [0.5, 0.6) is 5.75 Å². The van der Waals surface area contributed by atoms with Crippen LogP contribution in [0.25, 0.3) is 0 Å². The van der Waals surface area contributed by atoms with Gasteiger partial charge in [-0.1, -0.05) is 28.1 Å². The van der Waals surface area contributed by atoms with Gasteiger partial charge in [-0.3, -0.25) is 4.79 Å². The first-order valence-corrected chi connectivity index (χ1v) is 8.26. The minimum absolute atomic E-state index is 0.0989. The fourth-order valence-electron chi connectivity index (χ4n) is 2.97. The number of amides is 1. The number of likely N-dealkylation sites (tertiary alicyclic amines) is 1. The predicted octanol–water partition coefficient (Wildman–Crippen LogP) is 4.17. The molecule has 0 atom stereocenters. The molecule has 4 heteroatoms. The van der Waals surface area contributed by atoms with E-state index in [0.717, 1.165) is 41.5 Å². The lowest BCUT2D eigenvalue weighted by Gasteiger charge is -2.32. The Bertz CT molecular complexity index is 661. The van der Waals surface area contributed by atoms with Gasteiger partial charge in [-0.2, -0.15) is 0 Å². The van der Waals surface area contributed by atoms with E-state index in [1.165, 1.54) is 0 Å². The molecule has 2 aromatic carbocycles. The van der Waals surface area contributed by atoms with Gasteiger partial charge in [0.1, 0.15) is 5.75 Å². The monoisotopic (exact) mass is 359 g/mol. The summed E-state index contributed by atoms with van der Waals surface area (Å²) in [4.78, 5) is 14.4. The zero-order chi connectivity index (χ0) is 15.5.